The van der Waals surface area contributed by atoms with Crippen molar-refractivity contribution in [2.75, 3.05) is 7.11 Å². The van der Waals surface area contributed by atoms with Gasteiger partial charge in [0.05, 0.1) is 18.2 Å². The van der Waals surface area contributed by atoms with Gasteiger partial charge in [-0.2, -0.15) is 0 Å². The van der Waals surface area contributed by atoms with Crippen LogP contribution in [0.25, 0.3) is 10.9 Å². The highest BCUT2D eigenvalue weighted by Gasteiger charge is 2.28. The lowest BCUT2D eigenvalue weighted by molar-refractivity contribution is 0.0599. The van der Waals surface area contributed by atoms with Gasteiger partial charge >= 0.3 is 5.97 Å². The molecule has 0 spiro atoms. The molecule has 29 heavy (non-hydrogen) atoms. The minimum absolute atomic E-state index is 0.148. The molecule has 0 atom stereocenters. The summed E-state index contributed by atoms with van der Waals surface area (Å²) in [6, 6.07) is 12.2. The quantitative estimate of drug-likeness (QED) is 0.279. The number of para-hydroxylation sites is 1. The molecule has 1 aromatic carbocycles. The normalized spacial score (nSPS) is 10.7. The van der Waals surface area contributed by atoms with Crippen LogP contribution in [-0.4, -0.2) is 27.8 Å². The molecule has 0 radical (unpaired) electrons. The maximum absolute atomic E-state index is 12.7. The number of thiol groups is 1. The van der Waals surface area contributed by atoms with Crippen LogP contribution in [0.2, 0.25) is 0 Å². The van der Waals surface area contributed by atoms with Crippen LogP contribution >= 0.6 is 12.8 Å². The summed E-state index contributed by atoms with van der Waals surface area (Å²) in [6.45, 7) is 5.49. The number of methoxy groups -OCH3 is 1. The minimum atomic E-state index is -0.580. The van der Waals surface area contributed by atoms with Crippen molar-refractivity contribution in [3.8, 4) is 0 Å². The SMILES string of the molecule is C=C/C=C\C=C/C.COC(=O)c1c(C(=O)c2ccccn2)n(S)c2ccccc12. The Kier molecular flexibility index (Phi) is 8.18. The number of ketones is 1. The topological polar surface area (TPSA) is 61.2 Å². The minimum Gasteiger partial charge on any atom is -0.465 e. The third-order valence-corrected chi connectivity index (χ3v) is 4.32. The number of ether oxygens (including phenoxy) is 1. The number of carbonyl (C=O) groups excluding carboxylic acids is 2. The first-order chi connectivity index (χ1) is 14.1. The van der Waals surface area contributed by atoms with E-state index in [-0.39, 0.29) is 22.7 Å². The molecule has 5 nitrogen and oxygen atoms in total. The molecule has 6 heteroatoms. The highest BCUT2D eigenvalue weighted by atomic mass is 32.1. The van der Waals surface area contributed by atoms with Gasteiger partial charge in [-0.15, -0.1) is 0 Å². The predicted octanol–water partition coefficient (Wildman–Crippen LogP) is 5.05. The first-order valence-corrected chi connectivity index (χ1v) is 9.23. The maximum atomic E-state index is 12.7. The predicted molar refractivity (Wildman–Crippen MR) is 119 cm³/mol. The van der Waals surface area contributed by atoms with Crippen LogP contribution in [0.3, 0.4) is 0 Å². The molecule has 0 unspecified atom stereocenters. The lowest BCUT2D eigenvalue weighted by Gasteiger charge is -2.04. The number of hydrogen-bond donors (Lipinski definition) is 1. The molecule has 0 bridgehead atoms. The molecule has 0 aliphatic carbocycles. The Balaban J connectivity index is 0.000000370. The van der Waals surface area contributed by atoms with Gasteiger partial charge < -0.3 is 4.74 Å². The van der Waals surface area contributed by atoms with Gasteiger partial charge in [0.25, 0.3) is 0 Å². The number of rotatable bonds is 5. The van der Waals surface area contributed by atoms with E-state index in [0.29, 0.717) is 10.9 Å². The van der Waals surface area contributed by atoms with Gasteiger partial charge in [-0.3, -0.25) is 13.8 Å². The molecule has 2 aromatic heterocycles. The number of aromatic nitrogens is 2. The van der Waals surface area contributed by atoms with Gasteiger partial charge in [0, 0.05) is 11.6 Å². The second-order valence-corrected chi connectivity index (χ2v) is 6.13. The van der Waals surface area contributed by atoms with E-state index >= 15 is 0 Å². The summed E-state index contributed by atoms with van der Waals surface area (Å²) in [7, 11) is 1.28. The van der Waals surface area contributed by atoms with Crippen LogP contribution in [0.15, 0.2) is 85.6 Å². The van der Waals surface area contributed by atoms with Crippen molar-refractivity contribution in [3.63, 3.8) is 0 Å². The average Bonchev–Trinajstić information content (AvgIpc) is 3.07. The lowest BCUT2D eigenvalue weighted by atomic mass is 10.1. The van der Waals surface area contributed by atoms with Crippen LogP contribution in [-0.2, 0) is 4.74 Å². The maximum Gasteiger partial charge on any atom is 0.340 e. The first-order valence-electron chi connectivity index (χ1n) is 8.83. The largest absolute Gasteiger partial charge is 0.465 e. The van der Waals surface area contributed by atoms with Crippen LogP contribution in [0.4, 0.5) is 0 Å². The Morgan fingerprint density at radius 3 is 2.45 bits per heavy atom. The highest BCUT2D eigenvalue weighted by Crippen LogP contribution is 2.29. The molecule has 0 amide bonds. The van der Waals surface area contributed by atoms with E-state index in [1.165, 1.54) is 17.3 Å². The molecule has 0 fully saturated rings. The van der Waals surface area contributed by atoms with E-state index < -0.39 is 5.97 Å². The zero-order valence-electron chi connectivity index (χ0n) is 16.3. The molecular weight excluding hydrogens is 384 g/mol. The first kappa shape index (κ1) is 21.9. The number of allylic oxidation sites excluding steroid dienone is 5. The molecule has 2 heterocycles. The summed E-state index contributed by atoms with van der Waals surface area (Å²) in [5, 5.41) is 0.614. The van der Waals surface area contributed by atoms with E-state index in [9.17, 15) is 9.59 Å². The molecule has 0 saturated heterocycles. The number of pyridine rings is 1. The van der Waals surface area contributed by atoms with Gasteiger partial charge in [-0.05, 0) is 25.1 Å². The number of nitrogens with zero attached hydrogens (tertiary/aromatic N) is 2. The fraction of sp³-hybridized carbons (Fsp3) is 0.0870. The van der Waals surface area contributed by atoms with E-state index in [4.69, 9.17) is 4.74 Å². The summed E-state index contributed by atoms with van der Waals surface area (Å²) >= 11 is 4.37. The Morgan fingerprint density at radius 2 is 1.83 bits per heavy atom. The van der Waals surface area contributed by atoms with Crippen LogP contribution in [0, 0.1) is 0 Å². The summed E-state index contributed by atoms with van der Waals surface area (Å²) in [5.41, 5.74) is 1.25. The molecule has 0 aliphatic heterocycles. The third-order valence-electron chi connectivity index (χ3n) is 3.90. The molecule has 3 rings (SSSR count). The second kappa shape index (κ2) is 10.8. The van der Waals surface area contributed by atoms with Crippen molar-refractivity contribution >= 4 is 35.5 Å². The molecule has 0 saturated carbocycles. The fourth-order valence-electron chi connectivity index (χ4n) is 2.61. The van der Waals surface area contributed by atoms with E-state index in [0.717, 1.165) is 0 Å². The number of hydrogen-bond acceptors (Lipinski definition) is 5. The molecule has 0 aliphatic rings. The van der Waals surface area contributed by atoms with Gasteiger partial charge in [0.15, 0.2) is 0 Å². The summed E-state index contributed by atoms with van der Waals surface area (Å²) in [5.74, 6) is -0.963. The zero-order chi connectivity index (χ0) is 21.2. The average molecular weight is 407 g/mol. The van der Waals surface area contributed by atoms with Crippen LogP contribution in [0.5, 0.6) is 0 Å². The summed E-state index contributed by atoms with van der Waals surface area (Å²) in [6.07, 6.45) is 11.0. The standard InChI is InChI=1S/C16H12N2O3S.C7H10/c1-21-16(20)13-10-6-2-3-8-12(10)18(22)14(13)15(19)11-7-4-5-9-17-11;1-3-5-7-6-4-2/h2-9,22H,1H3;3-7H,1H2,2H3/b;6-4-,7-5-. The van der Waals surface area contributed by atoms with Gasteiger partial charge in [0.1, 0.15) is 11.4 Å². The van der Waals surface area contributed by atoms with E-state index in [1.54, 1.807) is 42.5 Å². The number of benzene rings is 1. The Morgan fingerprint density at radius 1 is 1.10 bits per heavy atom. The monoisotopic (exact) mass is 406 g/mol. The zero-order valence-corrected chi connectivity index (χ0v) is 17.2. The lowest BCUT2D eigenvalue weighted by Crippen LogP contribution is -2.13. The van der Waals surface area contributed by atoms with Crippen molar-refractivity contribution in [1.29, 1.82) is 0 Å². The summed E-state index contributed by atoms with van der Waals surface area (Å²) in [4.78, 5) is 28.9. The molecule has 148 valence electrons. The number of carbonyl (C=O) groups is 2. The molecule has 3 aromatic rings. The van der Waals surface area contributed by atoms with Crippen molar-refractivity contribution < 1.29 is 14.3 Å². The second-order valence-electron chi connectivity index (χ2n) is 5.73. The Hall–Kier alpha value is -3.38. The van der Waals surface area contributed by atoms with Crippen molar-refractivity contribution in [2.45, 2.75) is 6.92 Å². The van der Waals surface area contributed by atoms with Crippen molar-refractivity contribution in [1.82, 2.24) is 8.96 Å². The number of esters is 1. The Bertz CT molecular complexity index is 1070. The fourth-order valence-corrected chi connectivity index (χ4v) is 2.98. The third kappa shape index (κ3) is 5.12. The van der Waals surface area contributed by atoms with Crippen LogP contribution in [0.1, 0.15) is 33.5 Å². The Labute approximate surface area is 175 Å². The summed E-state index contributed by atoms with van der Waals surface area (Å²) < 4.78 is 6.23. The molecule has 0 N–H and O–H groups in total. The van der Waals surface area contributed by atoms with E-state index in [1.807, 2.05) is 37.3 Å². The van der Waals surface area contributed by atoms with Gasteiger partial charge in [-0.1, -0.05) is 74.0 Å². The van der Waals surface area contributed by atoms with E-state index in [2.05, 4.69) is 24.4 Å². The number of fused-ring (bicyclic) bond motifs is 1. The van der Waals surface area contributed by atoms with Gasteiger partial charge in [0.2, 0.25) is 5.78 Å². The van der Waals surface area contributed by atoms with Crippen molar-refractivity contribution in [3.05, 3.63) is 103 Å². The molecular formula is C23H22N2O3S. The van der Waals surface area contributed by atoms with Gasteiger partial charge in [-0.25, -0.2) is 4.79 Å². The van der Waals surface area contributed by atoms with Crippen LogP contribution < -0.4 is 0 Å². The van der Waals surface area contributed by atoms with Crippen molar-refractivity contribution in [2.24, 2.45) is 0 Å². The highest BCUT2D eigenvalue weighted by molar-refractivity contribution is 7.78. The smallest absolute Gasteiger partial charge is 0.340 e.